The first-order valence-electron chi connectivity index (χ1n) is 11.0. The van der Waals surface area contributed by atoms with Gasteiger partial charge in [-0.05, 0) is 63.4 Å². The minimum Gasteiger partial charge on any atom is -0.299 e. The van der Waals surface area contributed by atoms with E-state index in [0.717, 1.165) is 43.9 Å². The van der Waals surface area contributed by atoms with Gasteiger partial charge in [-0.15, -0.1) is 0 Å². The molecule has 0 amide bonds. The lowest BCUT2D eigenvalue weighted by molar-refractivity contribution is 0.199. The summed E-state index contributed by atoms with van der Waals surface area (Å²) in [7, 11) is 0. The molecule has 0 bridgehead atoms. The van der Waals surface area contributed by atoms with Gasteiger partial charge < -0.3 is 0 Å². The third-order valence-electron chi connectivity index (χ3n) is 6.29. The predicted octanol–water partition coefficient (Wildman–Crippen LogP) is 4.11. The van der Waals surface area contributed by atoms with E-state index in [4.69, 9.17) is 5.10 Å². The highest BCUT2D eigenvalue weighted by Gasteiger charge is 2.26. The number of likely N-dealkylation sites (tertiary alicyclic amines) is 1. The zero-order valence-corrected chi connectivity index (χ0v) is 18.3. The van der Waals surface area contributed by atoms with Gasteiger partial charge in [-0.1, -0.05) is 54.1 Å². The van der Waals surface area contributed by atoms with Crippen LogP contribution in [0.4, 0.5) is 0 Å². The molecule has 0 saturated carbocycles. The predicted molar refractivity (Wildman–Crippen MR) is 121 cm³/mol. The van der Waals surface area contributed by atoms with E-state index in [1.165, 1.54) is 16.7 Å². The Morgan fingerprint density at radius 2 is 1.73 bits per heavy atom. The van der Waals surface area contributed by atoms with Crippen molar-refractivity contribution in [2.24, 2.45) is 0 Å². The first-order chi connectivity index (χ1) is 14.5. The molecule has 5 nitrogen and oxygen atoms in total. The number of piperidine rings is 1. The molecule has 1 aromatic heterocycles. The maximum atomic E-state index is 12.9. The number of aryl methyl sites for hydroxylation is 2. The monoisotopic (exact) mass is 404 g/mol. The van der Waals surface area contributed by atoms with Gasteiger partial charge >= 0.3 is 5.69 Å². The lowest BCUT2D eigenvalue weighted by atomic mass is 9.95. The fourth-order valence-corrected chi connectivity index (χ4v) is 4.48. The van der Waals surface area contributed by atoms with Crippen LogP contribution in [-0.4, -0.2) is 32.3 Å². The van der Waals surface area contributed by atoms with Gasteiger partial charge in [0.25, 0.3) is 0 Å². The molecule has 4 rings (SSSR count). The number of hydrogen-bond acceptors (Lipinski definition) is 3. The minimum absolute atomic E-state index is 0.00849. The summed E-state index contributed by atoms with van der Waals surface area (Å²) in [4.78, 5) is 15.4. The van der Waals surface area contributed by atoms with Gasteiger partial charge in [-0.25, -0.2) is 9.48 Å². The Kier molecular flexibility index (Phi) is 6.18. The van der Waals surface area contributed by atoms with Crippen LogP contribution in [0.5, 0.6) is 0 Å². The summed E-state index contributed by atoms with van der Waals surface area (Å²) in [6, 6.07) is 16.8. The van der Waals surface area contributed by atoms with Gasteiger partial charge in [0, 0.05) is 19.0 Å². The molecule has 0 spiro atoms. The lowest BCUT2D eigenvalue weighted by Gasteiger charge is -2.32. The highest BCUT2D eigenvalue weighted by atomic mass is 16.2. The van der Waals surface area contributed by atoms with Crippen molar-refractivity contribution in [3.63, 3.8) is 0 Å². The Labute approximate surface area is 179 Å². The van der Waals surface area contributed by atoms with E-state index in [9.17, 15) is 4.79 Å². The Morgan fingerprint density at radius 1 is 1.00 bits per heavy atom. The number of benzene rings is 2. The van der Waals surface area contributed by atoms with Gasteiger partial charge in [0.05, 0.1) is 6.54 Å². The highest BCUT2D eigenvalue weighted by Crippen LogP contribution is 2.27. The SMILES string of the molecule is CCn1c(C2CCN(Cc3cc(C)ccc3C)CC2)nn(Cc2ccccc2)c1=O. The molecule has 3 aromatic rings. The van der Waals surface area contributed by atoms with E-state index in [1.807, 2.05) is 41.8 Å². The quantitative estimate of drug-likeness (QED) is 0.621. The van der Waals surface area contributed by atoms with Crippen molar-refractivity contribution in [1.82, 2.24) is 19.2 Å². The summed E-state index contributed by atoms with van der Waals surface area (Å²) in [5.74, 6) is 1.31. The van der Waals surface area contributed by atoms with Crippen molar-refractivity contribution in [1.29, 1.82) is 0 Å². The molecule has 0 N–H and O–H groups in total. The third kappa shape index (κ3) is 4.41. The van der Waals surface area contributed by atoms with Crippen LogP contribution < -0.4 is 5.69 Å². The summed E-state index contributed by atoms with van der Waals surface area (Å²) in [6.45, 7) is 10.7. The topological polar surface area (TPSA) is 43.1 Å². The van der Waals surface area contributed by atoms with Crippen molar-refractivity contribution in [2.45, 2.75) is 59.2 Å². The maximum absolute atomic E-state index is 12.9. The van der Waals surface area contributed by atoms with E-state index < -0.39 is 0 Å². The molecule has 1 saturated heterocycles. The van der Waals surface area contributed by atoms with Gasteiger partial charge in [0.15, 0.2) is 0 Å². The smallest absolute Gasteiger partial charge is 0.299 e. The largest absolute Gasteiger partial charge is 0.346 e. The van der Waals surface area contributed by atoms with Crippen LogP contribution in [0.25, 0.3) is 0 Å². The average Bonchev–Trinajstić information content (AvgIpc) is 3.07. The van der Waals surface area contributed by atoms with Crippen molar-refractivity contribution < 1.29 is 0 Å². The third-order valence-corrected chi connectivity index (χ3v) is 6.29. The summed E-state index contributed by atoms with van der Waals surface area (Å²) >= 11 is 0. The van der Waals surface area contributed by atoms with Gasteiger partial charge in [0.1, 0.15) is 5.82 Å². The highest BCUT2D eigenvalue weighted by molar-refractivity contribution is 5.30. The number of hydrogen-bond donors (Lipinski definition) is 0. The van der Waals surface area contributed by atoms with E-state index in [2.05, 4.69) is 36.9 Å². The Balaban J connectivity index is 1.46. The zero-order valence-electron chi connectivity index (χ0n) is 18.3. The average molecular weight is 405 g/mol. The summed E-state index contributed by atoms with van der Waals surface area (Å²) in [5, 5.41) is 4.78. The molecule has 0 radical (unpaired) electrons. The molecule has 2 heterocycles. The molecule has 5 heteroatoms. The van der Waals surface area contributed by atoms with Crippen molar-refractivity contribution in [3.8, 4) is 0 Å². The van der Waals surface area contributed by atoms with Crippen molar-refractivity contribution in [2.75, 3.05) is 13.1 Å². The number of aromatic nitrogens is 3. The summed E-state index contributed by atoms with van der Waals surface area (Å²) in [6.07, 6.45) is 2.10. The van der Waals surface area contributed by atoms with E-state index in [0.29, 0.717) is 19.0 Å². The fraction of sp³-hybridized carbons (Fsp3) is 0.440. The number of nitrogens with zero attached hydrogens (tertiary/aromatic N) is 4. The van der Waals surface area contributed by atoms with Crippen LogP contribution >= 0.6 is 0 Å². The Bertz CT molecular complexity index is 1040. The summed E-state index contributed by atoms with van der Waals surface area (Å²) in [5.41, 5.74) is 5.22. The lowest BCUT2D eigenvalue weighted by Crippen LogP contribution is -2.34. The maximum Gasteiger partial charge on any atom is 0.346 e. The molecule has 0 atom stereocenters. The van der Waals surface area contributed by atoms with Gasteiger partial charge in [-0.3, -0.25) is 9.47 Å². The molecular formula is C25H32N4O. The first-order valence-corrected chi connectivity index (χ1v) is 11.0. The van der Waals surface area contributed by atoms with E-state index >= 15 is 0 Å². The van der Waals surface area contributed by atoms with Crippen molar-refractivity contribution in [3.05, 3.63) is 87.1 Å². The second-order valence-electron chi connectivity index (χ2n) is 8.51. The second kappa shape index (κ2) is 9.00. The Morgan fingerprint density at radius 3 is 2.43 bits per heavy atom. The molecule has 0 unspecified atom stereocenters. The van der Waals surface area contributed by atoms with Crippen LogP contribution in [-0.2, 0) is 19.6 Å². The van der Waals surface area contributed by atoms with Crippen molar-refractivity contribution >= 4 is 0 Å². The molecule has 1 fully saturated rings. The van der Waals surface area contributed by atoms with Crippen LogP contribution in [0.2, 0.25) is 0 Å². The van der Waals surface area contributed by atoms with Crippen LogP contribution in [0.15, 0.2) is 53.3 Å². The molecule has 0 aliphatic carbocycles. The Hall–Kier alpha value is -2.66. The fourth-order valence-electron chi connectivity index (χ4n) is 4.48. The molecule has 1 aliphatic heterocycles. The van der Waals surface area contributed by atoms with Gasteiger partial charge in [-0.2, -0.15) is 5.10 Å². The van der Waals surface area contributed by atoms with Crippen LogP contribution in [0, 0.1) is 13.8 Å². The minimum atomic E-state index is 0.00849. The second-order valence-corrected chi connectivity index (χ2v) is 8.51. The normalized spacial score (nSPS) is 15.6. The number of rotatable bonds is 6. The molecule has 158 valence electrons. The van der Waals surface area contributed by atoms with Crippen LogP contribution in [0.1, 0.15) is 53.8 Å². The van der Waals surface area contributed by atoms with E-state index in [1.54, 1.807) is 4.68 Å². The summed E-state index contributed by atoms with van der Waals surface area (Å²) < 4.78 is 3.50. The van der Waals surface area contributed by atoms with Crippen LogP contribution in [0.3, 0.4) is 0 Å². The van der Waals surface area contributed by atoms with Gasteiger partial charge in [0.2, 0.25) is 0 Å². The molecule has 1 aliphatic rings. The zero-order chi connectivity index (χ0) is 21.1. The van der Waals surface area contributed by atoms with E-state index in [-0.39, 0.29) is 5.69 Å². The first kappa shape index (κ1) is 20.6. The molecule has 2 aromatic carbocycles. The standard InChI is InChI=1S/C25H32N4O/c1-4-28-24(26-29(25(28)30)17-21-8-6-5-7-9-21)22-12-14-27(15-13-22)18-23-16-19(2)10-11-20(23)3/h5-11,16,22H,4,12-15,17-18H2,1-3H3. The molecule has 30 heavy (non-hydrogen) atoms. The molecular weight excluding hydrogens is 372 g/mol.